The van der Waals surface area contributed by atoms with Crippen LogP contribution in [0.15, 0.2) is 10.5 Å². The molecule has 1 aromatic heterocycles. The Balaban J connectivity index is 1.71. The molecule has 1 fully saturated rings. The summed E-state index contributed by atoms with van der Waals surface area (Å²) >= 11 is 1.68. The highest BCUT2D eigenvalue weighted by atomic mass is 32.1. The van der Waals surface area contributed by atoms with Gasteiger partial charge in [0.25, 0.3) is 5.91 Å². The van der Waals surface area contributed by atoms with Crippen molar-refractivity contribution in [2.24, 2.45) is 5.10 Å². The molecular weight excluding hydrogens is 312 g/mol. The standard InChI is InChI=1S/C16H22N4O2S/c1-3-20-14(21)7-6-13(18-20)16(22)19-8-4-5-12(9-19)15-17-11(2)10-23-15/h10,12H,3-9H2,1-2H3/t12-/m0/s1. The van der Waals surface area contributed by atoms with Gasteiger partial charge in [-0.1, -0.05) is 0 Å². The quantitative estimate of drug-likeness (QED) is 0.851. The Morgan fingerprint density at radius 3 is 2.96 bits per heavy atom. The van der Waals surface area contributed by atoms with E-state index in [-0.39, 0.29) is 11.8 Å². The number of piperidine rings is 1. The summed E-state index contributed by atoms with van der Waals surface area (Å²) in [4.78, 5) is 30.9. The molecule has 0 radical (unpaired) electrons. The maximum Gasteiger partial charge on any atom is 0.270 e. The minimum atomic E-state index is -0.0195. The Hall–Kier alpha value is -1.76. The van der Waals surface area contributed by atoms with Crippen LogP contribution in [-0.4, -0.2) is 52.1 Å². The van der Waals surface area contributed by atoms with Crippen molar-refractivity contribution >= 4 is 28.9 Å². The number of amides is 2. The molecule has 0 aromatic carbocycles. The third kappa shape index (κ3) is 3.44. The van der Waals surface area contributed by atoms with Crippen LogP contribution in [0, 0.1) is 6.92 Å². The third-order valence-electron chi connectivity index (χ3n) is 4.35. The summed E-state index contributed by atoms with van der Waals surface area (Å²) < 4.78 is 0. The van der Waals surface area contributed by atoms with Gasteiger partial charge in [0.2, 0.25) is 5.91 Å². The predicted molar refractivity (Wildman–Crippen MR) is 89.5 cm³/mol. The van der Waals surface area contributed by atoms with Crippen LogP contribution in [0.3, 0.4) is 0 Å². The molecule has 23 heavy (non-hydrogen) atoms. The van der Waals surface area contributed by atoms with Crippen LogP contribution in [0.2, 0.25) is 0 Å². The van der Waals surface area contributed by atoms with Gasteiger partial charge in [-0.25, -0.2) is 9.99 Å². The van der Waals surface area contributed by atoms with Crippen molar-refractivity contribution in [3.8, 4) is 0 Å². The molecule has 124 valence electrons. The third-order valence-corrected chi connectivity index (χ3v) is 5.47. The van der Waals surface area contributed by atoms with Gasteiger partial charge in [0.15, 0.2) is 0 Å². The SMILES string of the molecule is CCN1N=C(C(=O)N2CCC[C@H](c3nc(C)cs3)C2)CCC1=O. The van der Waals surface area contributed by atoms with Crippen molar-refractivity contribution in [2.75, 3.05) is 19.6 Å². The van der Waals surface area contributed by atoms with Gasteiger partial charge in [0, 0.05) is 49.5 Å². The second-order valence-electron chi connectivity index (χ2n) is 6.07. The molecule has 0 N–H and O–H groups in total. The second-order valence-corrected chi connectivity index (χ2v) is 6.96. The van der Waals surface area contributed by atoms with Crippen LogP contribution in [0.25, 0.3) is 0 Å². The van der Waals surface area contributed by atoms with E-state index in [1.54, 1.807) is 11.3 Å². The lowest BCUT2D eigenvalue weighted by Gasteiger charge is -2.33. The number of rotatable bonds is 3. The number of carbonyl (C=O) groups excluding carboxylic acids is 2. The Labute approximate surface area is 140 Å². The minimum Gasteiger partial charge on any atom is -0.337 e. The first-order chi connectivity index (χ1) is 11.1. The molecule has 2 aliphatic heterocycles. The Kier molecular flexibility index (Phi) is 4.75. The van der Waals surface area contributed by atoms with Gasteiger partial charge in [-0.2, -0.15) is 5.10 Å². The second kappa shape index (κ2) is 6.78. The lowest BCUT2D eigenvalue weighted by atomic mass is 9.98. The highest BCUT2D eigenvalue weighted by Gasteiger charge is 2.31. The molecule has 0 unspecified atom stereocenters. The molecule has 1 atom stereocenters. The molecule has 0 bridgehead atoms. The van der Waals surface area contributed by atoms with E-state index in [1.807, 2.05) is 18.7 Å². The number of aromatic nitrogens is 1. The summed E-state index contributed by atoms with van der Waals surface area (Å²) in [5.74, 6) is 0.298. The van der Waals surface area contributed by atoms with Crippen LogP contribution < -0.4 is 0 Å². The van der Waals surface area contributed by atoms with E-state index in [0.717, 1.165) is 30.1 Å². The average Bonchev–Trinajstić information content (AvgIpc) is 3.01. The fourth-order valence-corrected chi connectivity index (χ4v) is 4.03. The molecule has 3 rings (SSSR count). The van der Waals surface area contributed by atoms with E-state index in [9.17, 15) is 9.59 Å². The molecule has 2 amide bonds. The van der Waals surface area contributed by atoms with E-state index < -0.39 is 0 Å². The summed E-state index contributed by atoms with van der Waals surface area (Å²) in [5, 5.41) is 8.84. The predicted octanol–water partition coefficient (Wildman–Crippen LogP) is 2.16. The minimum absolute atomic E-state index is 0.00108. The van der Waals surface area contributed by atoms with Crippen LogP contribution in [0.5, 0.6) is 0 Å². The largest absolute Gasteiger partial charge is 0.337 e. The zero-order chi connectivity index (χ0) is 16.4. The number of hydrogen-bond acceptors (Lipinski definition) is 5. The maximum absolute atomic E-state index is 12.7. The molecular formula is C16H22N4O2S. The summed E-state index contributed by atoms with van der Waals surface area (Å²) in [6, 6.07) is 0. The molecule has 1 saturated heterocycles. The number of hydrogen-bond donors (Lipinski definition) is 0. The van der Waals surface area contributed by atoms with Gasteiger partial charge in [-0.3, -0.25) is 9.59 Å². The molecule has 7 heteroatoms. The first-order valence-corrected chi connectivity index (χ1v) is 9.05. The van der Waals surface area contributed by atoms with Crippen LogP contribution in [0.4, 0.5) is 0 Å². The van der Waals surface area contributed by atoms with Crippen molar-refractivity contribution in [3.05, 3.63) is 16.1 Å². The van der Waals surface area contributed by atoms with E-state index in [0.29, 0.717) is 37.6 Å². The highest BCUT2D eigenvalue weighted by molar-refractivity contribution is 7.09. The van der Waals surface area contributed by atoms with Crippen LogP contribution >= 0.6 is 11.3 Å². The number of hydrazone groups is 1. The fourth-order valence-electron chi connectivity index (χ4n) is 3.11. The number of likely N-dealkylation sites (tertiary alicyclic amines) is 1. The fraction of sp³-hybridized carbons (Fsp3) is 0.625. The molecule has 3 heterocycles. The van der Waals surface area contributed by atoms with E-state index >= 15 is 0 Å². The van der Waals surface area contributed by atoms with Crippen molar-refractivity contribution in [1.82, 2.24) is 14.9 Å². The van der Waals surface area contributed by atoms with Crippen molar-refractivity contribution in [1.29, 1.82) is 0 Å². The molecule has 0 aliphatic carbocycles. The monoisotopic (exact) mass is 334 g/mol. The van der Waals surface area contributed by atoms with Crippen molar-refractivity contribution in [2.45, 2.75) is 45.4 Å². The average molecular weight is 334 g/mol. The number of nitrogens with zero attached hydrogens (tertiary/aromatic N) is 4. The molecule has 0 saturated carbocycles. The zero-order valence-electron chi connectivity index (χ0n) is 13.6. The highest BCUT2D eigenvalue weighted by Crippen LogP contribution is 2.29. The first-order valence-electron chi connectivity index (χ1n) is 8.17. The van der Waals surface area contributed by atoms with Gasteiger partial charge in [0.05, 0.1) is 5.01 Å². The first kappa shape index (κ1) is 16.1. The Morgan fingerprint density at radius 1 is 1.43 bits per heavy atom. The number of aryl methyl sites for hydroxylation is 1. The molecule has 0 spiro atoms. The summed E-state index contributed by atoms with van der Waals surface area (Å²) in [6.45, 7) is 5.84. The van der Waals surface area contributed by atoms with Gasteiger partial charge in [-0.15, -0.1) is 11.3 Å². The van der Waals surface area contributed by atoms with Gasteiger partial charge < -0.3 is 4.90 Å². The Bertz CT molecular complexity index is 640. The van der Waals surface area contributed by atoms with E-state index in [1.165, 1.54) is 5.01 Å². The molecule has 1 aromatic rings. The molecule has 2 aliphatic rings. The van der Waals surface area contributed by atoms with Gasteiger partial charge in [-0.05, 0) is 26.7 Å². The summed E-state index contributed by atoms with van der Waals surface area (Å²) in [6.07, 6.45) is 2.88. The number of thiazole rings is 1. The maximum atomic E-state index is 12.7. The molecule has 6 nitrogen and oxygen atoms in total. The number of carbonyl (C=O) groups is 2. The van der Waals surface area contributed by atoms with Crippen molar-refractivity contribution < 1.29 is 9.59 Å². The Morgan fingerprint density at radius 2 is 2.26 bits per heavy atom. The van der Waals surface area contributed by atoms with Gasteiger partial charge >= 0.3 is 0 Å². The van der Waals surface area contributed by atoms with Crippen molar-refractivity contribution in [3.63, 3.8) is 0 Å². The summed E-state index contributed by atoms with van der Waals surface area (Å²) in [7, 11) is 0. The van der Waals surface area contributed by atoms with E-state index in [2.05, 4.69) is 15.5 Å². The lowest BCUT2D eigenvalue weighted by Crippen LogP contribution is -2.45. The summed E-state index contributed by atoms with van der Waals surface area (Å²) in [5.41, 5.74) is 1.56. The van der Waals surface area contributed by atoms with Crippen LogP contribution in [0.1, 0.15) is 49.2 Å². The normalized spacial score (nSPS) is 22.3. The van der Waals surface area contributed by atoms with Gasteiger partial charge in [0.1, 0.15) is 5.71 Å². The lowest BCUT2D eigenvalue weighted by molar-refractivity contribution is -0.132. The zero-order valence-corrected chi connectivity index (χ0v) is 14.4. The smallest absolute Gasteiger partial charge is 0.270 e. The van der Waals surface area contributed by atoms with Crippen LogP contribution in [-0.2, 0) is 9.59 Å². The topological polar surface area (TPSA) is 65.9 Å². The van der Waals surface area contributed by atoms with E-state index in [4.69, 9.17) is 0 Å².